The first kappa shape index (κ1) is 24.7. The quantitative estimate of drug-likeness (QED) is 0.375. The number of rotatable bonds is 9. The summed E-state index contributed by atoms with van der Waals surface area (Å²) in [5.41, 5.74) is 3.38. The van der Waals surface area contributed by atoms with Crippen LogP contribution in [0, 0.1) is 13.8 Å². The fraction of sp³-hybridized carbons (Fsp3) is 0.391. The molecule has 0 saturated carbocycles. The monoisotopic (exact) mass is 463 g/mol. The lowest BCUT2D eigenvalue weighted by molar-refractivity contribution is -0.116. The number of amides is 1. The second-order valence-electron chi connectivity index (χ2n) is 7.09. The van der Waals surface area contributed by atoms with Gasteiger partial charge in [0, 0.05) is 18.0 Å². The Balaban J connectivity index is 0.00000320. The highest BCUT2D eigenvalue weighted by molar-refractivity contribution is 8.00. The van der Waals surface area contributed by atoms with Gasteiger partial charge in [-0.25, -0.2) is 4.98 Å². The van der Waals surface area contributed by atoms with Gasteiger partial charge in [0.2, 0.25) is 5.91 Å². The number of benzene rings is 2. The van der Waals surface area contributed by atoms with E-state index in [2.05, 4.69) is 75.1 Å². The molecule has 1 amide bonds. The SMILES string of the molecule is CCN(CC)CCN(C(=O)CSc1ccc(C)cc1)c1nc2c(C)cccc2s1.Cl. The maximum atomic E-state index is 13.2. The number of likely N-dealkylation sites (N-methyl/N-ethyl adjacent to an activating group) is 1. The van der Waals surface area contributed by atoms with Crippen molar-refractivity contribution in [3.05, 3.63) is 53.6 Å². The van der Waals surface area contributed by atoms with Crippen LogP contribution in [0.25, 0.3) is 10.2 Å². The van der Waals surface area contributed by atoms with Crippen LogP contribution in [-0.2, 0) is 4.79 Å². The van der Waals surface area contributed by atoms with Crippen LogP contribution in [0.5, 0.6) is 0 Å². The molecule has 0 spiro atoms. The Labute approximate surface area is 194 Å². The fourth-order valence-electron chi connectivity index (χ4n) is 3.16. The third kappa shape index (κ3) is 6.20. The molecule has 0 aliphatic carbocycles. The number of thiazole rings is 1. The zero-order valence-corrected chi connectivity index (χ0v) is 20.5. The van der Waals surface area contributed by atoms with E-state index in [1.807, 2.05) is 4.90 Å². The molecular formula is C23H30ClN3OS2. The molecule has 3 aromatic rings. The summed E-state index contributed by atoms with van der Waals surface area (Å²) in [6, 6.07) is 14.5. The molecule has 162 valence electrons. The predicted octanol–water partition coefficient (Wildman–Crippen LogP) is 5.80. The third-order valence-electron chi connectivity index (χ3n) is 5.06. The summed E-state index contributed by atoms with van der Waals surface area (Å²) < 4.78 is 1.13. The van der Waals surface area contributed by atoms with Crippen molar-refractivity contribution in [1.29, 1.82) is 0 Å². The number of halogens is 1. The van der Waals surface area contributed by atoms with Gasteiger partial charge in [-0.1, -0.05) is 55.0 Å². The second kappa shape index (κ2) is 11.7. The number of thioether (sulfide) groups is 1. The Morgan fingerprint density at radius 2 is 1.73 bits per heavy atom. The first-order valence-corrected chi connectivity index (χ1v) is 11.9. The number of hydrogen-bond donors (Lipinski definition) is 0. The minimum Gasteiger partial charge on any atom is -0.302 e. The lowest BCUT2D eigenvalue weighted by Gasteiger charge is -2.24. The van der Waals surface area contributed by atoms with E-state index in [1.54, 1.807) is 23.1 Å². The molecule has 0 bridgehead atoms. The van der Waals surface area contributed by atoms with Crippen molar-refractivity contribution < 1.29 is 4.79 Å². The van der Waals surface area contributed by atoms with Crippen LogP contribution in [0.1, 0.15) is 25.0 Å². The van der Waals surface area contributed by atoms with Gasteiger partial charge in [-0.05, 0) is 50.7 Å². The van der Waals surface area contributed by atoms with Gasteiger partial charge in [0.1, 0.15) is 0 Å². The van der Waals surface area contributed by atoms with Gasteiger partial charge < -0.3 is 4.90 Å². The summed E-state index contributed by atoms with van der Waals surface area (Å²) in [7, 11) is 0. The van der Waals surface area contributed by atoms with Crippen LogP contribution in [0.2, 0.25) is 0 Å². The fourth-order valence-corrected chi connectivity index (χ4v) is 5.02. The molecule has 1 heterocycles. The van der Waals surface area contributed by atoms with Crippen molar-refractivity contribution in [1.82, 2.24) is 9.88 Å². The van der Waals surface area contributed by atoms with E-state index in [4.69, 9.17) is 4.98 Å². The number of carbonyl (C=O) groups excluding carboxylic acids is 1. The van der Waals surface area contributed by atoms with Crippen molar-refractivity contribution in [2.75, 3.05) is 36.8 Å². The van der Waals surface area contributed by atoms with E-state index in [1.165, 1.54) is 5.56 Å². The number of aromatic nitrogens is 1. The van der Waals surface area contributed by atoms with Crippen molar-refractivity contribution in [3.63, 3.8) is 0 Å². The molecule has 0 N–H and O–H groups in total. The average molecular weight is 464 g/mol. The molecule has 0 aliphatic heterocycles. The number of aryl methyl sites for hydroxylation is 2. The normalized spacial score (nSPS) is 11.0. The molecule has 0 saturated heterocycles. The molecule has 7 heteroatoms. The van der Waals surface area contributed by atoms with Crippen LogP contribution in [0.3, 0.4) is 0 Å². The third-order valence-corrected chi connectivity index (χ3v) is 7.10. The molecule has 0 aliphatic rings. The van der Waals surface area contributed by atoms with E-state index in [0.29, 0.717) is 12.3 Å². The van der Waals surface area contributed by atoms with E-state index < -0.39 is 0 Å². The first-order chi connectivity index (χ1) is 14.0. The number of nitrogens with zero attached hydrogens (tertiary/aromatic N) is 3. The van der Waals surface area contributed by atoms with Gasteiger partial charge in [0.05, 0.1) is 16.0 Å². The first-order valence-electron chi connectivity index (χ1n) is 10.1. The van der Waals surface area contributed by atoms with Crippen molar-refractivity contribution >= 4 is 56.8 Å². The van der Waals surface area contributed by atoms with Crippen molar-refractivity contribution in [2.45, 2.75) is 32.6 Å². The van der Waals surface area contributed by atoms with Gasteiger partial charge in [0.15, 0.2) is 5.13 Å². The zero-order valence-electron chi connectivity index (χ0n) is 18.1. The molecule has 30 heavy (non-hydrogen) atoms. The summed E-state index contributed by atoms with van der Waals surface area (Å²) in [5.74, 6) is 0.524. The highest BCUT2D eigenvalue weighted by Gasteiger charge is 2.21. The van der Waals surface area contributed by atoms with Gasteiger partial charge in [-0.2, -0.15) is 0 Å². The van der Waals surface area contributed by atoms with E-state index in [0.717, 1.165) is 45.4 Å². The van der Waals surface area contributed by atoms with Crippen LogP contribution >= 0.6 is 35.5 Å². The van der Waals surface area contributed by atoms with Crippen LogP contribution in [0.4, 0.5) is 5.13 Å². The highest BCUT2D eigenvalue weighted by Crippen LogP contribution is 2.31. The maximum Gasteiger partial charge on any atom is 0.239 e. The van der Waals surface area contributed by atoms with Crippen molar-refractivity contribution in [3.8, 4) is 0 Å². The number of anilines is 1. The van der Waals surface area contributed by atoms with Crippen LogP contribution < -0.4 is 4.90 Å². The van der Waals surface area contributed by atoms with Crippen LogP contribution in [-0.4, -0.2) is 47.7 Å². The Bertz CT molecular complexity index is 955. The standard InChI is InChI=1S/C23H29N3OS2.ClH/c1-5-25(6-2)14-15-26(21(27)16-28-19-12-10-17(3)11-13-19)23-24-22-18(4)8-7-9-20(22)29-23;/h7-13H,5-6,14-16H2,1-4H3;1H. The number of carbonyl (C=O) groups is 1. The van der Waals surface area contributed by atoms with Crippen LogP contribution in [0.15, 0.2) is 47.4 Å². The van der Waals surface area contributed by atoms with E-state index in [9.17, 15) is 4.79 Å². The average Bonchev–Trinajstić information content (AvgIpc) is 3.16. The van der Waals surface area contributed by atoms with E-state index in [-0.39, 0.29) is 18.3 Å². The molecule has 0 unspecified atom stereocenters. The summed E-state index contributed by atoms with van der Waals surface area (Å²) in [6.45, 7) is 11.9. The number of hydrogen-bond acceptors (Lipinski definition) is 5. The number of para-hydroxylation sites is 1. The summed E-state index contributed by atoms with van der Waals surface area (Å²) in [5, 5.41) is 0.802. The van der Waals surface area contributed by atoms with Gasteiger partial charge in [0.25, 0.3) is 0 Å². The zero-order chi connectivity index (χ0) is 20.8. The Morgan fingerprint density at radius 3 is 2.37 bits per heavy atom. The largest absolute Gasteiger partial charge is 0.302 e. The maximum absolute atomic E-state index is 13.2. The minimum absolute atomic E-state index is 0. The highest BCUT2D eigenvalue weighted by atomic mass is 35.5. The Morgan fingerprint density at radius 1 is 1.03 bits per heavy atom. The molecule has 0 atom stereocenters. The topological polar surface area (TPSA) is 36.4 Å². The molecule has 4 nitrogen and oxygen atoms in total. The lowest BCUT2D eigenvalue weighted by atomic mass is 10.2. The van der Waals surface area contributed by atoms with Gasteiger partial charge in [-0.3, -0.25) is 9.69 Å². The molecule has 2 aromatic carbocycles. The molecule has 1 aromatic heterocycles. The predicted molar refractivity (Wildman–Crippen MR) is 134 cm³/mol. The second-order valence-corrected chi connectivity index (χ2v) is 9.15. The minimum atomic E-state index is 0. The molecular weight excluding hydrogens is 434 g/mol. The summed E-state index contributed by atoms with van der Waals surface area (Å²) in [6.07, 6.45) is 0. The Hall–Kier alpha value is -1.60. The number of fused-ring (bicyclic) bond motifs is 1. The lowest BCUT2D eigenvalue weighted by Crippen LogP contribution is -2.39. The molecule has 0 radical (unpaired) electrons. The van der Waals surface area contributed by atoms with Gasteiger partial charge in [-0.15, -0.1) is 24.2 Å². The van der Waals surface area contributed by atoms with Gasteiger partial charge >= 0.3 is 0 Å². The summed E-state index contributed by atoms with van der Waals surface area (Å²) >= 11 is 3.19. The smallest absolute Gasteiger partial charge is 0.239 e. The Kier molecular flexibility index (Phi) is 9.62. The van der Waals surface area contributed by atoms with E-state index >= 15 is 0 Å². The van der Waals surface area contributed by atoms with Crippen molar-refractivity contribution in [2.24, 2.45) is 0 Å². The molecule has 0 fully saturated rings. The summed E-state index contributed by atoms with van der Waals surface area (Å²) in [4.78, 5) is 23.3. The molecule has 3 rings (SSSR count).